The molecule has 80 valence electrons. The Morgan fingerprint density at radius 2 is 2.20 bits per heavy atom. The van der Waals surface area contributed by atoms with Crippen LogP contribution in [0.2, 0.25) is 0 Å². The highest BCUT2D eigenvalue weighted by molar-refractivity contribution is 5.75. The molecule has 1 saturated carbocycles. The molecule has 1 aromatic carbocycles. The SMILES string of the molecule is COc1ccc(C=O)cc1CC1(C)CC1. The number of carbonyl (C=O) groups is 1. The number of hydrogen-bond donors (Lipinski definition) is 0. The number of methoxy groups -OCH3 is 1. The summed E-state index contributed by atoms with van der Waals surface area (Å²) in [5, 5.41) is 0. The van der Waals surface area contributed by atoms with Crippen LogP contribution in [-0.4, -0.2) is 13.4 Å². The lowest BCUT2D eigenvalue weighted by Crippen LogP contribution is -2.02. The third kappa shape index (κ3) is 2.20. The zero-order chi connectivity index (χ0) is 10.9. The minimum atomic E-state index is 0.439. The predicted octanol–water partition coefficient (Wildman–Crippen LogP) is 2.85. The van der Waals surface area contributed by atoms with E-state index < -0.39 is 0 Å². The minimum absolute atomic E-state index is 0.439. The predicted molar refractivity (Wildman–Crippen MR) is 59.4 cm³/mol. The second kappa shape index (κ2) is 3.69. The molecule has 1 aliphatic carbocycles. The molecule has 0 saturated heterocycles. The van der Waals surface area contributed by atoms with Crippen LogP contribution < -0.4 is 4.74 Å². The molecule has 15 heavy (non-hydrogen) atoms. The second-order valence-corrected chi connectivity index (χ2v) is 4.68. The molecular formula is C13H16O2. The standard InChI is InChI=1S/C13H16O2/c1-13(5-6-13)8-11-7-10(9-14)3-4-12(11)15-2/h3-4,7,9H,5-6,8H2,1-2H3. The van der Waals surface area contributed by atoms with Crippen LogP contribution in [0.15, 0.2) is 18.2 Å². The molecule has 0 unspecified atom stereocenters. The fourth-order valence-corrected chi connectivity index (χ4v) is 1.86. The summed E-state index contributed by atoms with van der Waals surface area (Å²) < 4.78 is 5.30. The Labute approximate surface area is 90.3 Å². The average molecular weight is 204 g/mol. The van der Waals surface area contributed by atoms with Crippen LogP contribution in [0.3, 0.4) is 0 Å². The van der Waals surface area contributed by atoms with E-state index in [-0.39, 0.29) is 0 Å². The Bertz CT molecular complexity index is 378. The maximum atomic E-state index is 10.7. The summed E-state index contributed by atoms with van der Waals surface area (Å²) in [4.78, 5) is 10.7. The Morgan fingerprint density at radius 1 is 1.47 bits per heavy atom. The van der Waals surface area contributed by atoms with Crippen molar-refractivity contribution >= 4 is 6.29 Å². The van der Waals surface area contributed by atoms with Gasteiger partial charge in [-0.15, -0.1) is 0 Å². The highest BCUT2D eigenvalue weighted by atomic mass is 16.5. The molecule has 0 heterocycles. The van der Waals surface area contributed by atoms with Gasteiger partial charge in [-0.2, -0.15) is 0 Å². The van der Waals surface area contributed by atoms with Crippen molar-refractivity contribution in [2.24, 2.45) is 5.41 Å². The fourth-order valence-electron chi connectivity index (χ4n) is 1.86. The van der Waals surface area contributed by atoms with Gasteiger partial charge in [0.05, 0.1) is 7.11 Å². The lowest BCUT2D eigenvalue weighted by atomic mass is 9.96. The van der Waals surface area contributed by atoms with Gasteiger partial charge in [-0.3, -0.25) is 4.79 Å². The van der Waals surface area contributed by atoms with Gasteiger partial charge in [-0.25, -0.2) is 0 Å². The van der Waals surface area contributed by atoms with E-state index >= 15 is 0 Å². The zero-order valence-corrected chi connectivity index (χ0v) is 9.25. The molecule has 0 spiro atoms. The van der Waals surface area contributed by atoms with Crippen molar-refractivity contribution in [3.8, 4) is 5.75 Å². The quantitative estimate of drug-likeness (QED) is 0.705. The normalized spacial score (nSPS) is 17.2. The van der Waals surface area contributed by atoms with E-state index in [9.17, 15) is 4.79 Å². The number of hydrogen-bond acceptors (Lipinski definition) is 2. The van der Waals surface area contributed by atoms with E-state index in [0.717, 1.165) is 29.6 Å². The summed E-state index contributed by atoms with van der Waals surface area (Å²) in [5.74, 6) is 0.897. The number of carbonyl (C=O) groups excluding carboxylic acids is 1. The second-order valence-electron chi connectivity index (χ2n) is 4.68. The molecule has 1 aromatic rings. The molecule has 1 aliphatic rings. The van der Waals surface area contributed by atoms with Crippen LogP contribution in [0.4, 0.5) is 0 Å². The summed E-state index contributed by atoms with van der Waals surface area (Å²) in [6.07, 6.45) is 4.46. The molecule has 0 atom stereocenters. The number of benzene rings is 1. The monoisotopic (exact) mass is 204 g/mol. The molecule has 1 fully saturated rings. The third-order valence-electron chi connectivity index (χ3n) is 3.16. The number of ether oxygens (including phenoxy) is 1. The Morgan fingerprint density at radius 3 is 2.73 bits per heavy atom. The molecule has 0 aliphatic heterocycles. The van der Waals surface area contributed by atoms with Crippen LogP contribution >= 0.6 is 0 Å². The molecule has 0 N–H and O–H groups in total. The minimum Gasteiger partial charge on any atom is -0.496 e. The lowest BCUT2D eigenvalue weighted by molar-refractivity contribution is 0.112. The van der Waals surface area contributed by atoms with Gasteiger partial charge >= 0.3 is 0 Å². The molecular weight excluding hydrogens is 188 g/mol. The summed E-state index contributed by atoms with van der Waals surface area (Å²) in [6.45, 7) is 2.28. The highest BCUT2D eigenvalue weighted by Gasteiger charge is 2.37. The zero-order valence-electron chi connectivity index (χ0n) is 9.25. The van der Waals surface area contributed by atoms with Crippen molar-refractivity contribution in [2.45, 2.75) is 26.2 Å². The molecule has 2 nitrogen and oxygen atoms in total. The molecule has 0 amide bonds. The summed E-state index contributed by atoms with van der Waals surface area (Å²) in [5.41, 5.74) is 2.33. The van der Waals surface area contributed by atoms with Gasteiger partial charge in [0, 0.05) is 5.56 Å². The largest absolute Gasteiger partial charge is 0.496 e. The van der Waals surface area contributed by atoms with Crippen LogP contribution in [-0.2, 0) is 6.42 Å². The first-order chi connectivity index (χ1) is 7.17. The van der Waals surface area contributed by atoms with Gasteiger partial charge in [0.25, 0.3) is 0 Å². The van der Waals surface area contributed by atoms with E-state index in [2.05, 4.69) is 6.92 Å². The van der Waals surface area contributed by atoms with Gasteiger partial charge in [-0.1, -0.05) is 6.92 Å². The lowest BCUT2D eigenvalue weighted by Gasteiger charge is -2.12. The van der Waals surface area contributed by atoms with Crippen molar-refractivity contribution in [3.05, 3.63) is 29.3 Å². The fraction of sp³-hybridized carbons (Fsp3) is 0.462. The highest BCUT2D eigenvalue weighted by Crippen LogP contribution is 2.48. The Kier molecular flexibility index (Phi) is 2.51. The van der Waals surface area contributed by atoms with E-state index in [1.807, 2.05) is 12.1 Å². The molecule has 0 radical (unpaired) electrons. The summed E-state index contributed by atoms with van der Waals surface area (Å²) in [6, 6.07) is 5.62. The van der Waals surface area contributed by atoms with Crippen LogP contribution in [0.25, 0.3) is 0 Å². The Hall–Kier alpha value is -1.31. The number of rotatable bonds is 4. The van der Waals surface area contributed by atoms with Gasteiger partial charge in [-0.05, 0) is 48.4 Å². The van der Waals surface area contributed by atoms with Crippen molar-refractivity contribution in [1.29, 1.82) is 0 Å². The van der Waals surface area contributed by atoms with E-state index in [4.69, 9.17) is 4.74 Å². The first-order valence-corrected chi connectivity index (χ1v) is 5.29. The summed E-state index contributed by atoms with van der Waals surface area (Å²) in [7, 11) is 1.68. The van der Waals surface area contributed by atoms with Gasteiger partial charge in [0.2, 0.25) is 0 Å². The van der Waals surface area contributed by atoms with Gasteiger partial charge in [0.1, 0.15) is 12.0 Å². The first-order valence-electron chi connectivity index (χ1n) is 5.29. The topological polar surface area (TPSA) is 26.3 Å². The first kappa shape index (κ1) is 10.2. The van der Waals surface area contributed by atoms with Crippen molar-refractivity contribution in [2.75, 3.05) is 7.11 Å². The molecule has 2 heteroatoms. The Balaban J connectivity index is 2.28. The van der Waals surface area contributed by atoms with E-state index in [0.29, 0.717) is 5.41 Å². The van der Waals surface area contributed by atoms with Gasteiger partial charge in [0.15, 0.2) is 0 Å². The van der Waals surface area contributed by atoms with Crippen molar-refractivity contribution in [3.63, 3.8) is 0 Å². The summed E-state index contributed by atoms with van der Waals surface area (Å²) >= 11 is 0. The molecule has 0 bridgehead atoms. The van der Waals surface area contributed by atoms with Crippen LogP contribution in [0.1, 0.15) is 35.7 Å². The van der Waals surface area contributed by atoms with Crippen LogP contribution in [0.5, 0.6) is 5.75 Å². The maximum Gasteiger partial charge on any atom is 0.150 e. The molecule has 2 rings (SSSR count). The maximum absolute atomic E-state index is 10.7. The number of aldehydes is 1. The van der Waals surface area contributed by atoms with E-state index in [1.54, 1.807) is 13.2 Å². The van der Waals surface area contributed by atoms with E-state index in [1.165, 1.54) is 12.8 Å². The van der Waals surface area contributed by atoms with Gasteiger partial charge < -0.3 is 4.74 Å². The molecule has 0 aromatic heterocycles. The van der Waals surface area contributed by atoms with Crippen molar-refractivity contribution < 1.29 is 9.53 Å². The average Bonchev–Trinajstić information content (AvgIpc) is 2.96. The van der Waals surface area contributed by atoms with Crippen molar-refractivity contribution in [1.82, 2.24) is 0 Å². The smallest absolute Gasteiger partial charge is 0.150 e. The van der Waals surface area contributed by atoms with Crippen LogP contribution in [0, 0.1) is 5.41 Å². The third-order valence-corrected chi connectivity index (χ3v) is 3.16.